The number of hydrogen-bond acceptors (Lipinski definition) is 4. The number of fused-ring (bicyclic) bond motifs is 3. The summed E-state index contributed by atoms with van der Waals surface area (Å²) in [7, 11) is 0. The quantitative estimate of drug-likeness (QED) is 0.446. The molecule has 6 nitrogen and oxygen atoms in total. The van der Waals surface area contributed by atoms with Crippen LogP contribution >= 0.6 is 22.6 Å². The van der Waals surface area contributed by atoms with E-state index in [1.54, 1.807) is 0 Å². The molecule has 0 saturated heterocycles. The number of nitrogens with zero attached hydrogens (tertiary/aromatic N) is 2. The zero-order valence-corrected chi connectivity index (χ0v) is 12.5. The van der Waals surface area contributed by atoms with Crippen LogP contribution in [0.1, 0.15) is 11.9 Å². The maximum Gasteiger partial charge on any atom is 0.365 e. The third-order valence-corrected chi connectivity index (χ3v) is 3.84. The second-order valence-corrected chi connectivity index (χ2v) is 5.58. The molecule has 0 spiro atoms. The number of anilines is 1. The zero-order valence-electron chi connectivity index (χ0n) is 10.3. The van der Waals surface area contributed by atoms with E-state index in [1.165, 1.54) is 0 Å². The van der Waals surface area contributed by atoms with Gasteiger partial charge in [0.15, 0.2) is 9.53 Å². The van der Waals surface area contributed by atoms with Gasteiger partial charge < -0.3 is 10.2 Å². The van der Waals surface area contributed by atoms with E-state index in [0.717, 1.165) is 26.5 Å². The standard InChI is InChI=1S/C13H10IN5O/c14-10-6-5-9(20-10)11-17-12(15)18-13-16-7-3-1-2-4-8(7)19(11)13/h1-6,11H,(H3,15,16,17,18)/p+1/t11-/m1/s1. The van der Waals surface area contributed by atoms with E-state index in [1.807, 2.05) is 41.0 Å². The van der Waals surface area contributed by atoms with Crippen LogP contribution in [-0.4, -0.2) is 10.9 Å². The van der Waals surface area contributed by atoms with Crippen LogP contribution < -0.4 is 15.6 Å². The number of para-hydroxylation sites is 2. The molecule has 3 aromatic rings. The average molecular weight is 380 g/mol. The van der Waals surface area contributed by atoms with Crippen molar-refractivity contribution in [2.45, 2.75) is 6.17 Å². The predicted octanol–water partition coefficient (Wildman–Crippen LogP) is 1.94. The van der Waals surface area contributed by atoms with Crippen molar-refractivity contribution < 1.29 is 8.98 Å². The third-order valence-electron chi connectivity index (χ3n) is 3.26. The summed E-state index contributed by atoms with van der Waals surface area (Å²) in [6.07, 6.45) is -0.300. The molecule has 20 heavy (non-hydrogen) atoms. The highest BCUT2D eigenvalue weighted by Crippen LogP contribution is 2.25. The number of aromatic amines is 1. The van der Waals surface area contributed by atoms with Crippen molar-refractivity contribution in [1.82, 2.24) is 4.98 Å². The zero-order chi connectivity index (χ0) is 13.7. The minimum absolute atomic E-state index is 0.300. The first-order valence-corrected chi connectivity index (χ1v) is 7.18. The fourth-order valence-corrected chi connectivity index (χ4v) is 2.88. The first kappa shape index (κ1) is 11.8. The number of guanidine groups is 1. The Morgan fingerprint density at radius 3 is 2.90 bits per heavy atom. The van der Waals surface area contributed by atoms with Crippen LogP contribution in [0.2, 0.25) is 0 Å². The van der Waals surface area contributed by atoms with Gasteiger partial charge in [0, 0.05) is 0 Å². The van der Waals surface area contributed by atoms with Gasteiger partial charge in [0.2, 0.25) is 6.17 Å². The van der Waals surface area contributed by atoms with Crippen molar-refractivity contribution in [3.8, 4) is 0 Å². The summed E-state index contributed by atoms with van der Waals surface area (Å²) >= 11 is 2.14. The maximum atomic E-state index is 5.87. The molecule has 4 rings (SSSR count). The lowest BCUT2D eigenvalue weighted by atomic mass is 10.3. The molecule has 7 heteroatoms. The molecule has 0 amide bonds. The number of furan rings is 1. The largest absolute Gasteiger partial charge is 0.449 e. The van der Waals surface area contributed by atoms with Gasteiger partial charge >= 0.3 is 5.95 Å². The molecule has 1 aliphatic heterocycles. The van der Waals surface area contributed by atoms with Gasteiger partial charge in [-0.1, -0.05) is 12.1 Å². The van der Waals surface area contributed by atoms with Crippen LogP contribution in [0.15, 0.2) is 45.8 Å². The Morgan fingerprint density at radius 2 is 2.10 bits per heavy atom. The molecule has 1 aromatic carbocycles. The van der Waals surface area contributed by atoms with Gasteiger partial charge in [-0.3, -0.25) is 0 Å². The molecule has 2 aromatic heterocycles. The van der Waals surface area contributed by atoms with E-state index < -0.39 is 0 Å². The minimum Gasteiger partial charge on any atom is -0.449 e. The highest BCUT2D eigenvalue weighted by Gasteiger charge is 2.32. The molecule has 4 N–H and O–H groups in total. The van der Waals surface area contributed by atoms with Gasteiger partial charge in [-0.2, -0.15) is 9.56 Å². The number of aromatic nitrogens is 2. The van der Waals surface area contributed by atoms with Crippen molar-refractivity contribution in [1.29, 1.82) is 0 Å². The van der Waals surface area contributed by atoms with Crippen molar-refractivity contribution in [3.63, 3.8) is 0 Å². The number of benzene rings is 1. The smallest absolute Gasteiger partial charge is 0.365 e. The van der Waals surface area contributed by atoms with Crippen LogP contribution in [-0.2, 0) is 0 Å². The second-order valence-electron chi connectivity index (χ2n) is 4.52. The molecule has 0 bridgehead atoms. The Hall–Kier alpha value is -2.03. The first-order valence-electron chi connectivity index (χ1n) is 6.10. The van der Waals surface area contributed by atoms with Crippen LogP contribution in [0, 0.1) is 3.77 Å². The molecule has 1 aliphatic rings. The van der Waals surface area contributed by atoms with Crippen LogP contribution in [0.4, 0.5) is 5.95 Å². The fraction of sp³-hybridized carbons (Fsp3) is 0.0769. The molecule has 100 valence electrons. The maximum absolute atomic E-state index is 5.87. The highest BCUT2D eigenvalue weighted by atomic mass is 127. The van der Waals surface area contributed by atoms with E-state index in [-0.39, 0.29) is 6.17 Å². The number of rotatable bonds is 1. The summed E-state index contributed by atoms with van der Waals surface area (Å²) < 4.78 is 8.58. The topological polar surface area (TPSA) is 83.2 Å². The van der Waals surface area contributed by atoms with Gasteiger partial charge in [-0.25, -0.2) is 10.3 Å². The molecule has 0 radical (unpaired) electrons. The van der Waals surface area contributed by atoms with Gasteiger partial charge in [0.05, 0.1) is 0 Å². The van der Waals surface area contributed by atoms with E-state index in [9.17, 15) is 0 Å². The summed E-state index contributed by atoms with van der Waals surface area (Å²) in [6.45, 7) is 0. The Kier molecular flexibility index (Phi) is 2.49. The summed E-state index contributed by atoms with van der Waals surface area (Å²) in [5.74, 6) is 1.93. The SMILES string of the molecule is NC1=N[C@@H](c2ccc(I)o2)[n+]2c([nH]c3ccccc32)N1. The lowest BCUT2D eigenvalue weighted by Crippen LogP contribution is -2.47. The summed E-state index contributed by atoms with van der Waals surface area (Å²) in [6, 6.07) is 11.9. The summed E-state index contributed by atoms with van der Waals surface area (Å²) in [4.78, 5) is 7.76. The molecular formula is C13H11IN5O+. The molecule has 0 unspecified atom stereocenters. The number of H-pyrrole nitrogens is 1. The number of hydrogen-bond donors (Lipinski definition) is 3. The number of aliphatic imine (C=N–C) groups is 1. The molecule has 0 saturated carbocycles. The molecule has 3 heterocycles. The number of nitrogens with two attached hydrogens (primary N) is 1. The van der Waals surface area contributed by atoms with Gasteiger partial charge in [0.1, 0.15) is 11.0 Å². The van der Waals surface area contributed by atoms with Crippen molar-refractivity contribution in [2.24, 2.45) is 10.7 Å². The summed E-state index contributed by atoms with van der Waals surface area (Å²) in [5.41, 5.74) is 7.93. The molecule has 0 aliphatic carbocycles. The lowest BCUT2D eigenvalue weighted by Gasteiger charge is -2.15. The number of imidazole rings is 1. The van der Waals surface area contributed by atoms with E-state index in [2.05, 4.69) is 37.9 Å². The molecular weight excluding hydrogens is 369 g/mol. The van der Waals surface area contributed by atoms with Crippen molar-refractivity contribution in [3.05, 3.63) is 45.9 Å². The van der Waals surface area contributed by atoms with Gasteiger partial charge in [-0.15, -0.1) is 0 Å². The van der Waals surface area contributed by atoms with Gasteiger partial charge in [0.25, 0.3) is 5.96 Å². The molecule has 0 fully saturated rings. The fourth-order valence-electron chi connectivity index (χ4n) is 2.44. The lowest BCUT2D eigenvalue weighted by molar-refractivity contribution is -0.676. The number of halogens is 1. The first-order chi connectivity index (χ1) is 9.72. The predicted molar refractivity (Wildman–Crippen MR) is 83.3 cm³/mol. The Morgan fingerprint density at radius 1 is 1.25 bits per heavy atom. The van der Waals surface area contributed by atoms with E-state index >= 15 is 0 Å². The van der Waals surface area contributed by atoms with Crippen LogP contribution in [0.3, 0.4) is 0 Å². The Labute approximate surface area is 127 Å². The Bertz CT molecular complexity index is 834. The monoisotopic (exact) mass is 380 g/mol. The minimum atomic E-state index is -0.300. The normalized spacial score (nSPS) is 17.6. The van der Waals surface area contributed by atoms with Crippen LogP contribution in [0.5, 0.6) is 0 Å². The number of nitrogens with one attached hydrogen (secondary N) is 2. The van der Waals surface area contributed by atoms with E-state index in [4.69, 9.17) is 10.2 Å². The Balaban J connectivity index is 1.98. The second kappa shape index (κ2) is 4.23. The average Bonchev–Trinajstić information content (AvgIpc) is 3.00. The van der Waals surface area contributed by atoms with Crippen molar-refractivity contribution in [2.75, 3.05) is 5.32 Å². The summed E-state index contributed by atoms with van der Waals surface area (Å²) in [5, 5.41) is 3.05. The molecule has 1 atom stereocenters. The van der Waals surface area contributed by atoms with Crippen LogP contribution in [0.25, 0.3) is 11.0 Å². The third kappa shape index (κ3) is 1.69. The van der Waals surface area contributed by atoms with Gasteiger partial charge in [-0.05, 0) is 46.9 Å². The van der Waals surface area contributed by atoms with Crippen molar-refractivity contribution >= 4 is 45.5 Å². The van der Waals surface area contributed by atoms with E-state index in [0.29, 0.717) is 5.96 Å². The highest BCUT2D eigenvalue weighted by molar-refractivity contribution is 14.1.